The van der Waals surface area contributed by atoms with Gasteiger partial charge in [-0.1, -0.05) is 69.3 Å². The topological polar surface area (TPSA) is 184 Å². The number of amides is 4. The van der Waals surface area contributed by atoms with Gasteiger partial charge in [-0.15, -0.1) is 0 Å². The van der Waals surface area contributed by atoms with Crippen LogP contribution in [0.5, 0.6) is 5.75 Å². The molecule has 6 aromatic rings. The van der Waals surface area contributed by atoms with Crippen LogP contribution < -0.4 is 15.4 Å². The summed E-state index contributed by atoms with van der Waals surface area (Å²) in [6, 6.07) is 21.5. The van der Waals surface area contributed by atoms with Crippen LogP contribution in [0.15, 0.2) is 79.0 Å². The van der Waals surface area contributed by atoms with E-state index in [1.807, 2.05) is 55.1 Å². The first-order chi connectivity index (χ1) is 30.4. The molecule has 0 aliphatic carbocycles. The number of rotatable bonds is 9. The molecule has 2 fully saturated rings. The van der Waals surface area contributed by atoms with Crippen LogP contribution in [0, 0.1) is 11.8 Å². The fourth-order valence-electron chi connectivity index (χ4n) is 9.56. The lowest BCUT2D eigenvalue weighted by Crippen LogP contribution is -2.53. The number of hydrogen-bond acceptors (Lipinski definition) is 9. The summed E-state index contributed by atoms with van der Waals surface area (Å²) in [6.45, 7) is 8.93. The van der Waals surface area contributed by atoms with E-state index in [2.05, 4.69) is 70.8 Å². The van der Waals surface area contributed by atoms with Crippen molar-refractivity contribution in [2.75, 3.05) is 20.8 Å². The number of methoxy groups -OCH3 is 2. The minimum Gasteiger partial charge on any atom is -0.488 e. The molecule has 0 spiro atoms. The Morgan fingerprint density at radius 1 is 0.857 bits per heavy atom. The fraction of sp³-hybridized carbons (Fsp3) is 0.375. The summed E-state index contributed by atoms with van der Waals surface area (Å²) in [6.07, 6.45) is 2.76. The molecule has 4 amide bonds. The fourth-order valence-corrected chi connectivity index (χ4v) is 9.56. The van der Waals surface area contributed by atoms with Crippen molar-refractivity contribution in [3.05, 3.63) is 102 Å². The SMILES string of the molecule is COC(=O)N[C@H](C(=O)N1[C@H](C)[C@H](C)C[C@H]1c1nc2ccc3cc4c(cc3c2[nH]1)OCc1cc(-c2cnc([C@@H]3CCCN3C(=O)[C@H](NC(=O)OC)c3ccccc3)[nH]2)ccc1-4)C(C)C. The molecule has 0 radical (unpaired) electrons. The quantitative estimate of drug-likeness (QED) is 0.112. The number of aromatic nitrogens is 4. The number of ether oxygens (including phenoxy) is 3. The summed E-state index contributed by atoms with van der Waals surface area (Å²) < 4.78 is 16.1. The Morgan fingerprint density at radius 2 is 1.63 bits per heavy atom. The third-order valence-corrected chi connectivity index (χ3v) is 13.1. The lowest BCUT2D eigenvalue weighted by atomic mass is 9.92. The Morgan fingerprint density at radius 3 is 2.40 bits per heavy atom. The number of carbonyl (C=O) groups is 4. The van der Waals surface area contributed by atoms with Gasteiger partial charge < -0.3 is 44.6 Å². The number of aromatic amines is 2. The average molecular weight is 853 g/mol. The maximum Gasteiger partial charge on any atom is 0.407 e. The Labute approximate surface area is 364 Å². The smallest absolute Gasteiger partial charge is 0.407 e. The summed E-state index contributed by atoms with van der Waals surface area (Å²) >= 11 is 0. The van der Waals surface area contributed by atoms with Crippen molar-refractivity contribution in [3.8, 4) is 28.1 Å². The predicted octanol–water partition coefficient (Wildman–Crippen LogP) is 8.11. The van der Waals surface area contributed by atoms with E-state index < -0.39 is 24.3 Å². The average Bonchev–Trinajstić information content (AvgIpc) is 4.13. The highest BCUT2D eigenvalue weighted by atomic mass is 16.5. The first-order valence-electron chi connectivity index (χ1n) is 21.6. The van der Waals surface area contributed by atoms with E-state index in [1.54, 1.807) is 11.1 Å². The van der Waals surface area contributed by atoms with Gasteiger partial charge in [0.05, 0.1) is 49.2 Å². The molecule has 0 bridgehead atoms. The largest absolute Gasteiger partial charge is 0.488 e. The van der Waals surface area contributed by atoms with Crippen molar-refractivity contribution in [2.24, 2.45) is 11.8 Å². The van der Waals surface area contributed by atoms with Crippen LogP contribution >= 0.6 is 0 Å². The van der Waals surface area contributed by atoms with Gasteiger partial charge in [0.1, 0.15) is 36.1 Å². The van der Waals surface area contributed by atoms with Crippen molar-refractivity contribution in [3.63, 3.8) is 0 Å². The molecule has 15 heteroatoms. The van der Waals surface area contributed by atoms with E-state index in [9.17, 15) is 19.2 Å². The first kappa shape index (κ1) is 41.5. The molecule has 4 N–H and O–H groups in total. The summed E-state index contributed by atoms with van der Waals surface area (Å²) in [5.74, 6) is 1.86. The van der Waals surface area contributed by atoms with Gasteiger partial charge in [0.2, 0.25) is 5.91 Å². The Kier molecular flexibility index (Phi) is 11.0. The molecule has 4 aromatic carbocycles. The molecule has 63 heavy (non-hydrogen) atoms. The van der Waals surface area contributed by atoms with Gasteiger partial charge in [0.25, 0.3) is 5.91 Å². The van der Waals surface area contributed by atoms with Crippen molar-refractivity contribution in [2.45, 2.75) is 83.8 Å². The number of fused-ring (bicyclic) bond motifs is 6. The summed E-state index contributed by atoms with van der Waals surface area (Å²) in [5, 5.41) is 7.46. The first-order valence-corrected chi connectivity index (χ1v) is 21.6. The van der Waals surface area contributed by atoms with E-state index in [0.717, 1.165) is 74.8 Å². The van der Waals surface area contributed by atoms with Crippen molar-refractivity contribution in [1.29, 1.82) is 0 Å². The molecule has 5 heterocycles. The standard InChI is InChI=1S/C48H52N8O7/c1-25(2)40(53-47(59)61-5)46(58)56-27(4)26(3)19-38(56)44-50-35-17-15-29-21-34-32-16-14-30(20-31(32)24-63-39(34)22-33(29)42(35)52-44)36-23-49-43(51-36)37-13-10-18-55(37)45(57)41(54-48(60)62-6)28-11-8-7-9-12-28/h7-9,11-12,14-17,20-23,25-27,37-38,40-41H,10,13,18-19,24H2,1-6H3,(H,49,51)(H,50,52)(H,53,59)(H,54,60)/t26-,27-,37+,38+,40+,41-/m1/s1. The zero-order valence-electron chi connectivity index (χ0n) is 36.2. The van der Waals surface area contributed by atoms with Gasteiger partial charge in [-0.05, 0) is 89.9 Å². The van der Waals surface area contributed by atoms with E-state index in [-0.39, 0.29) is 41.8 Å². The number of benzene rings is 4. The van der Waals surface area contributed by atoms with Gasteiger partial charge in [0.15, 0.2) is 0 Å². The van der Waals surface area contributed by atoms with Crippen LogP contribution in [-0.4, -0.2) is 86.6 Å². The highest BCUT2D eigenvalue weighted by molar-refractivity contribution is 6.07. The second-order valence-electron chi connectivity index (χ2n) is 17.2. The molecule has 3 aliphatic heterocycles. The number of carbonyl (C=O) groups excluding carboxylic acids is 4. The van der Waals surface area contributed by atoms with E-state index in [4.69, 9.17) is 24.2 Å². The van der Waals surface area contributed by atoms with Gasteiger partial charge in [-0.25, -0.2) is 19.6 Å². The summed E-state index contributed by atoms with van der Waals surface area (Å²) in [5.41, 5.74) is 7.21. The van der Waals surface area contributed by atoms with Crippen molar-refractivity contribution >= 4 is 45.8 Å². The second kappa shape index (κ2) is 16.8. The molecule has 0 saturated carbocycles. The van der Waals surface area contributed by atoms with E-state index in [0.29, 0.717) is 30.4 Å². The number of nitrogens with zero attached hydrogens (tertiary/aromatic N) is 4. The Bertz CT molecular complexity index is 2730. The van der Waals surface area contributed by atoms with Crippen LogP contribution in [0.3, 0.4) is 0 Å². The van der Waals surface area contributed by atoms with Crippen LogP contribution in [0.25, 0.3) is 44.2 Å². The van der Waals surface area contributed by atoms with Gasteiger partial charge in [0, 0.05) is 23.5 Å². The number of nitrogens with one attached hydrogen (secondary N) is 4. The van der Waals surface area contributed by atoms with Crippen molar-refractivity contribution < 1.29 is 33.4 Å². The lowest BCUT2D eigenvalue weighted by Gasteiger charge is -2.33. The number of hydrogen-bond donors (Lipinski definition) is 4. The molecule has 15 nitrogen and oxygen atoms in total. The molecule has 2 saturated heterocycles. The number of alkyl carbamates (subject to hydrolysis) is 2. The monoisotopic (exact) mass is 852 g/mol. The van der Waals surface area contributed by atoms with Crippen LogP contribution in [0.1, 0.15) is 87.9 Å². The molecule has 0 unspecified atom stereocenters. The Hall–Kier alpha value is -6.90. The zero-order chi connectivity index (χ0) is 44.1. The predicted molar refractivity (Wildman–Crippen MR) is 236 cm³/mol. The third kappa shape index (κ3) is 7.59. The maximum absolute atomic E-state index is 14.1. The molecule has 3 aliphatic rings. The van der Waals surface area contributed by atoms with Gasteiger partial charge >= 0.3 is 12.2 Å². The molecular formula is C48H52N8O7. The highest BCUT2D eigenvalue weighted by Gasteiger charge is 2.45. The molecule has 6 atom stereocenters. The molecule has 326 valence electrons. The van der Waals surface area contributed by atoms with E-state index in [1.165, 1.54) is 14.2 Å². The normalized spacial score (nSPS) is 20.2. The summed E-state index contributed by atoms with van der Waals surface area (Å²) in [4.78, 5) is 73.2. The van der Waals surface area contributed by atoms with E-state index >= 15 is 0 Å². The minimum atomic E-state index is -0.896. The van der Waals surface area contributed by atoms with Crippen molar-refractivity contribution in [1.82, 2.24) is 40.4 Å². The van der Waals surface area contributed by atoms with Crippen LogP contribution in [0.4, 0.5) is 9.59 Å². The third-order valence-electron chi connectivity index (χ3n) is 13.1. The van der Waals surface area contributed by atoms with Crippen LogP contribution in [0.2, 0.25) is 0 Å². The molecule has 9 rings (SSSR count). The number of likely N-dealkylation sites (tertiary alicyclic amines) is 2. The zero-order valence-corrected chi connectivity index (χ0v) is 36.2. The number of H-pyrrole nitrogens is 2. The lowest BCUT2D eigenvalue weighted by molar-refractivity contribution is -0.137. The van der Waals surface area contributed by atoms with Gasteiger partial charge in [-0.2, -0.15) is 0 Å². The van der Waals surface area contributed by atoms with Crippen LogP contribution in [-0.2, 0) is 25.7 Å². The molecule has 2 aromatic heterocycles. The minimum absolute atomic E-state index is 0.0609. The molecular weight excluding hydrogens is 801 g/mol. The second-order valence-corrected chi connectivity index (χ2v) is 17.2. The van der Waals surface area contributed by atoms with Gasteiger partial charge in [-0.3, -0.25) is 9.59 Å². The summed E-state index contributed by atoms with van der Waals surface area (Å²) in [7, 11) is 2.58. The Balaban J connectivity index is 0.967. The highest BCUT2D eigenvalue weighted by Crippen LogP contribution is 2.45. The maximum atomic E-state index is 14.1. The number of imidazole rings is 2.